The van der Waals surface area contributed by atoms with Gasteiger partial charge in [-0.15, -0.1) is 0 Å². The summed E-state index contributed by atoms with van der Waals surface area (Å²) < 4.78 is 1.79. The number of hydrogen-bond donors (Lipinski definition) is 2. The van der Waals surface area contributed by atoms with E-state index in [1.54, 1.807) is 4.68 Å². The average molecular weight is 265 g/mol. The van der Waals surface area contributed by atoms with Gasteiger partial charge in [0.15, 0.2) is 0 Å². The van der Waals surface area contributed by atoms with E-state index in [-0.39, 0.29) is 0 Å². The Hall–Kier alpha value is -1.52. The van der Waals surface area contributed by atoms with Gasteiger partial charge in [0.2, 0.25) is 0 Å². The van der Waals surface area contributed by atoms with E-state index in [1.165, 1.54) is 0 Å². The highest BCUT2D eigenvalue weighted by Gasteiger charge is 2.07. The number of halogens is 1. The van der Waals surface area contributed by atoms with Gasteiger partial charge in [0.25, 0.3) is 0 Å². The molecule has 0 radical (unpaired) electrons. The normalized spacial score (nSPS) is 10.8. The molecule has 18 heavy (non-hydrogen) atoms. The summed E-state index contributed by atoms with van der Waals surface area (Å²) in [5.41, 5.74) is 13.7. The molecule has 1 aromatic carbocycles. The van der Waals surface area contributed by atoms with E-state index in [9.17, 15) is 0 Å². The van der Waals surface area contributed by atoms with Crippen LogP contribution < -0.4 is 11.5 Å². The molecule has 0 fully saturated rings. The fourth-order valence-corrected chi connectivity index (χ4v) is 2.07. The molecule has 0 spiro atoms. The SMILES string of the molecule is NCCCc1cnn(Cc2cccc(Cl)c2)c1N. The monoisotopic (exact) mass is 264 g/mol. The number of nitrogens with two attached hydrogens (primary N) is 2. The maximum absolute atomic E-state index is 6.06. The van der Waals surface area contributed by atoms with E-state index in [2.05, 4.69) is 5.10 Å². The first-order valence-corrected chi connectivity index (χ1v) is 6.33. The predicted molar refractivity (Wildman–Crippen MR) is 74.6 cm³/mol. The van der Waals surface area contributed by atoms with Crippen molar-refractivity contribution in [3.63, 3.8) is 0 Å². The van der Waals surface area contributed by atoms with Crippen LogP contribution >= 0.6 is 11.6 Å². The lowest BCUT2D eigenvalue weighted by Crippen LogP contribution is -2.07. The number of nitrogens with zero attached hydrogens (tertiary/aromatic N) is 2. The second kappa shape index (κ2) is 5.89. The highest BCUT2D eigenvalue weighted by molar-refractivity contribution is 6.30. The molecule has 0 saturated carbocycles. The van der Waals surface area contributed by atoms with E-state index in [1.807, 2.05) is 30.5 Å². The number of benzene rings is 1. The number of nitrogen functional groups attached to an aromatic ring is 1. The Morgan fingerprint density at radius 3 is 2.89 bits per heavy atom. The van der Waals surface area contributed by atoms with Crippen LogP contribution in [-0.4, -0.2) is 16.3 Å². The van der Waals surface area contributed by atoms with Crippen LogP contribution in [0, 0.1) is 0 Å². The zero-order valence-electron chi connectivity index (χ0n) is 10.1. The van der Waals surface area contributed by atoms with Crippen LogP contribution in [0.3, 0.4) is 0 Å². The van der Waals surface area contributed by atoms with Gasteiger partial charge < -0.3 is 11.5 Å². The Balaban J connectivity index is 2.12. The molecule has 0 atom stereocenters. The molecule has 2 rings (SSSR count). The summed E-state index contributed by atoms with van der Waals surface area (Å²) in [7, 11) is 0. The van der Waals surface area contributed by atoms with E-state index in [4.69, 9.17) is 23.1 Å². The van der Waals surface area contributed by atoms with Crippen molar-refractivity contribution in [3.05, 3.63) is 46.6 Å². The third kappa shape index (κ3) is 3.03. The zero-order chi connectivity index (χ0) is 13.0. The smallest absolute Gasteiger partial charge is 0.125 e. The van der Waals surface area contributed by atoms with Crippen LogP contribution in [0.2, 0.25) is 5.02 Å². The minimum atomic E-state index is 0.634. The number of aryl methyl sites for hydroxylation is 1. The van der Waals surface area contributed by atoms with E-state index in [0.717, 1.165) is 29.0 Å². The Morgan fingerprint density at radius 1 is 1.33 bits per heavy atom. The van der Waals surface area contributed by atoms with Gasteiger partial charge in [-0.3, -0.25) is 0 Å². The second-order valence-electron chi connectivity index (χ2n) is 4.23. The molecule has 1 heterocycles. The van der Waals surface area contributed by atoms with Crippen molar-refractivity contribution in [3.8, 4) is 0 Å². The first kappa shape index (κ1) is 12.9. The molecule has 4 N–H and O–H groups in total. The predicted octanol–water partition coefficient (Wildman–Crippen LogP) is 2.06. The third-order valence-electron chi connectivity index (χ3n) is 2.83. The standard InChI is InChI=1S/C13H17ClN4/c14-12-5-1-3-10(7-12)9-18-13(16)11(8-17-18)4-2-6-15/h1,3,5,7-8H,2,4,6,9,15-16H2. The van der Waals surface area contributed by atoms with Crippen LogP contribution in [0.5, 0.6) is 0 Å². The van der Waals surface area contributed by atoms with Crippen molar-refractivity contribution in [2.45, 2.75) is 19.4 Å². The molecule has 0 aliphatic carbocycles. The largest absolute Gasteiger partial charge is 0.384 e. The molecule has 0 aliphatic rings. The quantitative estimate of drug-likeness (QED) is 0.868. The van der Waals surface area contributed by atoms with E-state index < -0.39 is 0 Å². The van der Waals surface area contributed by atoms with Crippen molar-refractivity contribution < 1.29 is 0 Å². The molecule has 1 aromatic heterocycles. The van der Waals surface area contributed by atoms with Crippen molar-refractivity contribution >= 4 is 17.4 Å². The first-order chi connectivity index (χ1) is 8.70. The highest BCUT2D eigenvalue weighted by Crippen LogP contribution is 2.16. The van der Waals surface area contributed by atoms with Gasteiger partial charge in [-0.1, -0.05) is 23.7 Å². The number of hydrogen-bond acceptors (Lipinski definition) is 3. The third-order valence-corrected chi connectivity index (χ3v) is 3.07. The van der Waals surface area contributed by atoms with Crippen LogP contribution in [-0.2, 0) is 13.0 Å². The number of aromatic nitrogens is 2. The number of rotatable bonds is 5. The minimum Gasteiger partial charge on any atom is -0.384 e. The molecular formula is C13H17ClN4. The van der Waals surface area contributed by atoms with E-state index in [0.29, 0.717) is 18.9 Å². The Kier molecular flexibility index (Phi) is 4.23. The topological polar surface area (TPSA) is 69.9 Å². The highest BCUT2D eigenvalue weighted by atomic mass is 35.5. The minimum absolute atomic E-state index is 0.634. The maximum Gasteiger partial charge on any atom is 0.125 e. The van der Waals surface area contributed by atoms with Gasteiger partial charge in [0.05, 0.1) is 12.7 Å². The molecule has 0 amide bonds. The summed E-state index contributed by atoms with van der Waals surface area (Å²) in [4.78, 5) is 0. The molecule has 4 nitrogen and oxygen atoms in total. The van der Waals surface area contributed by atoms with Gasteiger partial charge in [-0.05, 0) is 37.1 Å². The molecule has 5 heteroatoms. The fraction of sp³-hybridized carbons (Fsp3) is 0.308. The molecule has 96 valence electrons. The van der Waals surface area contributed by atoms with Crippen molar-refractivity contribution in [2.75, 3.05) is 12.3 Å². The molecule has 0 bridgehead atoms. The Morgan fingerprint density at radius 2 is 2.17 bits per heavy atom. The lowest BCUT2D eigenvalue weighted by molar-refractivity contribution is 0.696. The summed E-state index contributed by atoms with van der Waals surface area (Å²) in [6, 6.07) is 7.70. The molecule has 0 unspecified atom stereocenters. The van der Waals surface area contributed by atoms with Gasteiger partial charge in [-0.2, -0.15) is 5.10 Å². The lowest BCUT2D eigenvalue weighted by atomic mass is 10.2. The summed E-state index contributed by atoms with van der Waals surface area (Å²) in [6.07, 6.45) is 3.61. The Bertz CT molecular complexity index is 521. The fourth-order valence-electron chi connectivity index (χ4n) is 1.85. The van der Waals surface area contributed by atoms with Crippen molar-refractivity contribution in [2.24, 2.45) is 5.73 Å². The first-order valence-electron chi connectivity index (χ1n) is 5.95. The Labute approximate surface area is 112 Å². The summed E-state index contributed by atoms with van der Waals surface area (Å²) >= 11 is 5.95. The summed E-state index contributed by atoms with van der Waals surface area (Å²) in [5, 5.41) is 5.03. The number of anilines is 1. The average Bonchev–Trinajstić information content (AvgIpc) is 2.69. The van der Waals surface area contributed by atoms with Crippen LogP contribution in [0.4, 0.5) is 5.82 Å². The van der Waals surface area contributed by atoms with Gasteiger partial charge >= 0.3 is 0 Å². The van der Waals surface area contributed by atoms with Crippen LogP contribution in [0.1, 0.15) is 17.5 Å². The van der Waals surface area contributed by atoms with Gasteiger partial charge in [0.1, 0.15) is 5.82 Å². The molecule has 0 aliphatic heterocycles. The second-order valence-corrected chi connectivity index (χ2v) is 4.67. The van der Waals surface area contributed by atoms with Crippen LogP contribution in [0.25, 0.3) is 0 Å². The van der Waals surface area contributed by atoms with Crippen molar-refractivity contribution in [1.29, 1.82) is 0 Å². The van der Waals surface area contributed by atoms with Gasteiger partial charge in [-0.25, -0.2) is 4.68 Å². The molecule has 2 aromatic rings. The molecular weight excluding hydrogens is 248 g/mol. The molecule has 0 saturated heterocycles. The maximum atomic E-state index is 6.06. The van der Waals surface area contributed by atoms with Crippen molar-refractivity contribution in [1.82, 2.24) is 9.78 Å². The zero-order valence-corrected chi connectivity index (χ0v) is 10.9. The lowest BCUT2D eigenvalue weighted by Gasteiger charge is -2.06. The van der Waals surface area contributed by atoms with Crippen LogP contribution in [0.15, 0.2) is 30.5 Å². The van der Waals surface area contributed by atoms with E-state index >= 15 is 0 Å². The van der Waals surface area contributed by atoms with Gasteiger partial charge in [0, 0.05) is 10.6 Å². The summed E-state index contributed by atoms with van der Waals surface area (Å²) in [6.45, 7) is 1.30. The summed E-state index contributed by atoms with van der Waals surface area (Å²) in [5.74, 6) is 0.712.